The van der Waals surface area contributed by atoms with Gasteiger partial charge in [-0.2, -0.15) is 0 Å². The molecule has 14 heavy (non-hydrogen) atoms. The molecular formula is C13H25N. The van der Waals surface area contributed by atoms with Crippen LogP contribution in [0.5, 0.6) is 0 Å². The van der Waals surface area contributed by atoms with E-state index in [0.717, 1.165) is 12.5 Å². The number of hydrogen-bond donors (Lipinski definition) is 1. The van der Waals surface area contributed by atoms with Crippen LogP contribution in [0.3, 0.4) is 0 Å². The SMILES string of the molecule is CC(C)[C@@H](C)NCCC1=CCCCC1. The number of nitrogens with one attached hydrogen (secondary N) is 1. The van der Waals surface area contributed by atoms with E-state index in [2.05, 4.69) is 32.2 Å². The quantitative estimate of drug-likeness (QED) is 0.662. The van der Waals surface area contributed by atoms with Crippen LogP contribution in [0.15, 0.2) is 11.6 Å². The van der Waals surface area contributed by atoms with Crippen molar-refractivity contribution in [1.82, 2.24) is 5.32 Å². The summed E-state index contributed by atoms with van der Waals surface area (Å²) in [6.07, 6.45) is 9.18. The molecule has 0 amide bonds. The van der Waals surface area contributed by atoms with E-state index < -0.39 is 0 Å². The number of rotatable bonds is 5. The Balaban J connectivity index is 2.11. The minimum absolute atomic E-state index is 0.652. The molecule has 0 aliphatic heterocycles. The first-order valence-corrected chi connectivity index (χ1v) is 6.11. The van der Waals surface area contributed by atoms with Crippen LogP contribution < -0.4 is 5.32 Å². The maximum absolute atomic E-state index is 3.59. The molecule has 0 unspecified atom stereocenters. The third-order valence-electron chi connectivity index (χ3n) is 3.30. The van der Waals surface area contributed by atoms with Gasteiger partial charge >= 0.3 is 0 Å². The molecule has 1 heteroatoms. The highest BCUT2D eigenvalue weighted by Crippen LogP contribution is 2.19. The zero-order valence-electron chi connectivity index (χ0n) is 9.97. The molecule has 0 bridgehead atoms. The monoisotopic (exact) mass is 195 g/mol. The molecule has 1 rings (SSSR count). The van der Waals surface area contributed by atoms with E-state index >= 15 is 0 Å². The summed E-state index contributed by atoms with van der Waals surface area (Å²) >= 11 is 0. The molecule has 1 aliphatic rings. The van der Waals surface area contributed by atoms with Crippen LogP contribution in [0.4, 0.5) is 0 Å². The molecule has 1 atom stereocenters. The number of hydrogen-bond acceptors (Lipinski definition) is 1. The molecule has 0 aromatic heterocycles. The summed E-state index contributed by atoms with van der Waals surface area (Å²) in [5, 5.41) is 3.59. The summed E-state index contributed by atoms with van der Waals surface area (Å²) in [7, 11) is 0. The average Bonchev–Trinajstić information content (AvgIpc) is 2.19. The van der Waals surface area contributed by atoms with Crippen molar-refractivity contribution in [2.75, 3.05) is 6.54 Å². The lowest BCUT2D eigenvalue weighted by atomic mass is 9.97. The van der Waals surface area contributed by atoms with Gasteiger partial charge in [0.05, 0.1) is 0 Å². The Labute approximate surface area is 89.0 Å². The molecule has 0 fully saturated rings. The summed E-state index contributed by atoms with van der Waals surface area (Å²) < 4.78 is 0. The topological polar surface area (TPSA) is 12.0 Å². The third-order valence-corrected chi connectivity index (χ3v) is 3.30. The lowest BCUT2D eigenvalue weighted by molar-refractivity contribution is 0.428. The van der Waals surface area contributed by atoms with Crippen molar-refractivity contribution in [1.29, 1.82) is 0 Å². The Morgan fingerprint density at radius 2 is 2.07 bits per heavy atom. The first kappa shape index (κ1) is 11.8. The molecule has 1 nitrogen and oxygen atoms in total. The minimum Gasteiger partial charge on any atom is -0.314 e. The molecule has 0 saturated carbocycles. The van der Waals surface area contributed by atoms with E-state index in [1.165, 1.54) is 32.1 Å². The van der Waals surface area contributed by atoms with Gasteiger partial charge in [-0.25, -0.2) is 0 Å². The van der Waals surface area contributed by atoms with Crippen molar-refractivity contribution >= 4 is 0 Å². The molecule has 1 aliphatic carbocycles. The van der Waals surface area contributed by atoms with Crippen molar-refractivity contribution in [3.05, 3.63) is 11.6 Å². The molecule has 82 valence electrons. The van der Waals surface area contributed by atoms with Gasteiger partial charge in [0.15, 0.2) is 0 Å². The largest absolute Gasteiger partial charge is 0.314 e. The van der Waals surface area contributed by atoms with Gasteiger partial charge in [-0.05, 0) is 51.5 Å². The Morgan fingerprint density at radius 1 is 1.29 bits per heavy atom. The van der Waals surface area contributed by atoms with E-state index in [0.29, 0.717) is 6.04 Å². The smallest absolute Gasteiger partial charge is 0.00618 e. The maximum Gasteiger partial charge on any atom is 0.00618 e. The summed E-state index contributed by atoms with van der Waals surface area (Å²) in [4.78, 5) is 0. The second kappa shape index (κ2) is 6.23. The van der Waals surface area contributed by atoms with Gasteiger partial charge in [-0.3, -0.25) is 0 Å². The normalized spacial score (nSPS) is 19.6. The Hall–Kier alpha value is -0.300. The Bertz CT molecular complexity index is 182. The van der Waals surface area contributed by atoms with Gasteiger partial charge in [0.25, 0.3) is 0 Å². The van der Waals surface area contributed by atoms with Crippen LogP contribution in [0.1, 0.15) is 52.9 Å². The van der Waals surface area contributed by atoms with Crippen LogP contribution in [0.2, 0.25) is 0 Å². The third kappa shape index (κ3) is 4.28. The minimum atomic E-state index is 0.652. The van der Waals surface area contributed by atoms with E-state index in [9.17, 15) is 0 Å². The van der Waals surface area contributed by atoms with Gasteiger partial charge in [0, 0.05) is 6.04 Å². The number of allylic oxidation sites excluding steroid dienone is 1. The molecule has 0 radical (unpaired) electrons. The fourth-order valence-corrected chi connectivity index (χ4v) is 1.83. The van der Waals surface area contributed by atoms with E-state index in [4.69, 9.17) is 0 Å². The highest BCUT2D eigenvalue weighted by Gasteiger charge is 2.07. The van der Waals surface area contributed by atoms with Crippen LogP contribution in [0.25, 0.3) is 0 Å². The second-order valence-electron chi connectivity index (χ2n) is 4.84. The van der Waals surface area contributed by atoms with E-state index in [1.54, 1.807) is 5.57 Å². The Kier molecular flexibility index (Phi) is 5.24. The van der Waals surface area contributed by atoms with Crippen molar-refractivity contribution in [3.8, 4) is 0 Å². The van der Waals surface area contributed by atoms with Crippen LogP contribution in [-0.2, 0) is 0 Å². The van der Waals surface area contributed by atoms with Crippen LogP contribution in [0, 0.1) is 5.92 Å². The molecule has 0 saturated heterocycles. The van der Waals surface area contributed by atoms with Crippen LogP contribution in [-0.4, -0.2) is 12.6 Å². The van der Waals surface area contributed by atoms with Crippen molar-refractivity contribution < 1.29 is 0 Å². The van der Waals surface area contributed by atoms with Crippen LogP contribution >= 0.6 is 0 Å². The zero-order chi connectivity index (χ0) is 10.4. The van der Waals surface area contributed by atoms with Crippen molar-refractivity contribution in [2.45, 2.75) is 58.9 Å². The highest BCUT2D eigenvalue weighted by atomic mass is 14.9. The van der Waals surface area contributed by atoms with Crippen molar-refractivity contribution in [2.24, 2.45) is 5.92 Å². The second-order valence-corrected chi connectivity index (χ2v) is 4.84. The van der Waals surface area contributed by atoms with E-state index in [1.807, 2.05) is 0 Å². The fraction of sp³-hybridized carbons (Fsp3) is 0.846. The highest BCUT2D eigenvalue weighted by molar-refractivity contribution is 5.05. The summed E-state index contributed by atoms with van der Waals surface area (Å²) in [6, 6.07) is 0.652. The Morgan fingerprint density at radius 3 is 2.64 bits per heavy atom. The first-order chi connectivity index (χ1) is 6.70. The molecule has 0 aromatic carbocycles. The average molecular weight is 195 g/mol. The standard InChI is InChI=1S/C13H25N/c1-11(2)12(3)14-10-9-13-7-5-4-6-8-13/h7,11-12,14H,4-6,8-10H2,1-3H3/t12-/m1/s1. The summed E-state index contributed by atoms with van der Waals surface area (Å²) in [5.74, 6) is 0.746. The lowest BCUT2D eigenvalue weighted by Crippen LogP contribution is -2.31. The van der Waals surface area contributed by atoms with Gasteiger partial charge in [0.1, 0.15) is 0 Å². The van der Waals surface area contributed by atoms with Crippen molar-refractivity contribution in [3.63, 3.8) is 0 Å². The van der Waals surface area contributed by atoms with Gasteiger partial charge in [0.2, 0.25) is 0 Å². The molecule has 0 spiro atoms. The van der Waals surface area contributed by atoms with Gasteiger partial charge < -0.3 is 5.32 Å². The lowest BCUT2D eigenvalue weighted by Gasteiger charge is -2.19. The maximum atomic E-state index is 3.59. The van der Waals surface area contributed by atoms with Gasteiger partial charge in [-0.15, -0.1) is 0 Å². The molecule has 0 heterocycles. The molecule has 0 aromatic rings. The zero-order valence-corrected chi connectivity index (χ0v) is 9.97. The predicted molar refractivity (Wildman–Crippen MR) is 63.5 cm³/mol. The van der Waals surface area contributed by atoms with E-state index in [-0.39, 0.29) is 0 Å². The fourth-order valence-electron chi connectivity index (χ4n) is 1.83. The molecular weight excluding hydrogens is 170 g/mol. The summed E-state index contributed by atoms with van der Waals surface area (Å²) in [6.45, 7) is 7.99. The first-order valence-electron chi connectivity index (χ1n) is 6.11. The molecule has 1 N–H and O–H groups in total. The predicted octanol–water partition coefficient (Wildman–Crippen LogP) is 3.51. The summed E-state index contributed by atoms with van der Waals surface area (Å²) in [5.41, 5.74) is 1.68. The van der Waals surface area contributed by atoms with Gasteiger partial charge in [-0.1, -0.05) is 25.5 Å².